The minimum absolute atomic E-state index is 0. The maximum Gasteiger partial charge on any atom is 2.00 e. The summed E-state index contributed by atoms with van der Waals surface area (Å²) in [7, 11) is 0. The summed E-state index contributed by atoms with van der Waals surface area (Å²) in [4.78, 5) is 0. The van der Waals surface area contributed by atoms with Gasteiger partial charge in [-0.05, 0) is 5.21 Å². The first-order valence-electron chi connectivity index (χ1n) is 3.26. The predicted octanol–water partition coefficient (Wildman–Crippen LogP) is 0.864. The molecule has 1 N–H and O–H groups in total. The van der Waals surface area contributed by atoms with E-state index in [0.29, 0.717) is 5.82 Å². The Morgan fingerprint density at radius 2 is 1.83 bits per heavy atom. The van der Waals surface area contributed by atoms with Crippen molar-refractivity contribution in [2.45, 2.75) is 0 Å². The molecule has 0 radical (unpaired) electrons. The summed E-state index contributed by atoms with van der Waals surface area (Å²) in [5, 5.41) is 13.5. The third-order valence-corrected chi connectivity index (χ3v) is 1.38. The topological polar surface area (TPSA) is 54.5 Å². The maximum absolute atomic E-state index is 3.84. The molecule has 2 rings (SSSR count). The van der Waals surface area contributed by atoms with Gasteiger partial charge in [0, 0.05) is 5.56 Å². The Balaban J connectivity index is 0.000000720. The van der Waals surface area contributed by atoms with Gasteiger partial charge in [0.2, 0.25) is 5.82 Å². The van der Waals surface area contributed by atoms with Crippen molar-refractivity contribution >= 4 is 0 Å². The van der Waals surface area contributed by atoms with E-state index in [9.17, 15) is 0 Å². The summed E-state index contributed by atoms with van der Waals surface area (Å²) in [5.74, 6) is 0.630. The fourth-order valence-electron chi connectivity index (χ4n) is 0.871. The van der Waals surface area contributed by atoms with Crippen molar-refractivity contribution in [3.8, 4) is 11.4 Å². The number of hydrogen-bond acceptors (Lipinski definition) is 3. The molecule has 0 bridgehead atoms. The molecule has 0 saturated carbocycles. The van der Waals surface area contributed by atoms with Gasteiger partial charge in [-0.1, -0.05) is 30.3 Å². The molecule has 0 aliphatic rings. The molecule has 0 aliphatic heterocycles. The second-order valence-corrected chi connectivity index (χ2v) is 2.10. The minimum Gasteiger partial charge on any atom is -0.177 e. The van der Waals surface area contributed by atoms with Gasteiger partial charge < -0.3 is 0 Å². The van der Waals surface area contributed by atoms with Crippen LogP contribution in [0.25, 0.3) is 11.4 Å². The summed E-state index contributed by atoms with van der Waals surface area (Å²) < 4.78 is 0. The van der Waals surface area contributed by atoms with Crippen molar-refractivity contribution in [2.75, 3.05) is 0 Å². The summed E-state index contributed by atoms with van der Waals surface area (Å²) in [6, 6.07) is 9.69. The quantitative estimate of drug-likeness (QED) is 0.837. The zero-order valence-electron chi connectivity index (χ0n) is 6.04. The zero-order chi connectivity index (χ0) is 7.52. The summed E-state index contributed by atoms with van der Waals surface area (Å²) in [6.07, 6.45) is 0. The van der Waals surface area contributed by atoms with Crippen molar-refractivity contribution in [1.29, 1.82) is 0 Å². The molecule has 62 valence electrons. The van der Waals surface area contributed by atoms with Gasteiger partial charge in [-0.3, -0.25) is 0 Å². The molecule has 12 heavy (non-hydrogen) atoms. The smallest absolute Gasteiger partial charge is 0.177 e. The predicted molar refractivity (Wildman–Crippen MR) is 39.6 cm³/mol. The van der Waals surface area contributed by atoms with Crippen molar-refractivity contribution in [1.82, 2.24) is 20.6 Å². The molecule has 0 aliphatic carbocycles. The molecule has 0 fully saturated rings. The van der Waals surface area contributed by atoms with Crippen LogP contribution in [0.5, 0.6) is 0 Å². The number of nitrogens with zero attached hydrogens (tertiary/aromatic N) is 3. The largest absolute Gasteiger partial charge is 2.00 e. The Morgan fingerprint density at radius 3 is 2.42 bits per heavy atom. The fraction of sp³-hybridized carbons (Fsp3) is 0. The van der Waals surface area contributed by atoms with Crippen LogP contribution in [0.15, 0.2) is 30.3 Å². The van der Waals surface area contributed by atoms with Crippen molar-refractivity contribution in [3.05, 3.63) is 30.3 Å². The van der Waals surface area contributed by atoms with Crippen LogP contribution < -0.4 is 0 Å². The van der Waals surface area contributed by atoms with Gasteiger partial charge in [0.1, 0.15) is 0 Å². The Kier molecular flexibility index (Phi) is 3.11. The average molecular weight is 341 g/mol. The van der Waals surface area contributed by atoms with Gasteiger partial charge in [0.05, 0.1) is 0 Å². The molecule has 0 atom stereocenters. The van der Waals surface area contributed by atoms with Gasteiger partial charge >= 0.3 is 21.1 Å². The van der Waals surface area contributed by atoms with Crippen LogP contribution in [0.3, 0.4) is 0 Å². The SMILES string of the molecule is [Pt+2].c1ccc(-c2nn[nH]n2)cc1. The number of H-pyrrole nitrogens is 1. The van der Waals surface area contributed by atoms with Gasteiger partial charge in [0.25, 0.3) is 0 Å². The molecule has 1 heterocycles. The van der Waals surface area contributed by atoms with Gasteiger partial charge in [0.15, 0.2) is 0 Å². The number of hydrogen-bond donors (Lipinski definition) is 1. The molecule has 0 amide bonds. The number of nitrogens with one attached hydrogen (secondary N) is 1. The van der Waals surface area contributed by atoms with Crippen molar-refractivity contribution < 1.29 is 21.1 Å². The first-order chi connectivity index (χ1) is 5.47. The van der Waals surface area contributed by atoms with Crippen LogP contribution in [0.4, 0.5) is 0 Å². The molecule has 0 saturated heterocycles. The molecular formula is C7H6N4Pt+2. The molecule has 5 heteroatoms. The van der Waals surface area contributed by atoms with Crippen LogP contribution in [-0.2, 0) is 21.1 Å². The first-order valence-corrected chi connectivity index (χ1v) is 3.26. The van der Waals surface area contributed by atoms with Crippen LogP contribution in [0.2, 0.25) is 0 Å². The standard InChI is InChI=1S/C7H6N4.Pt/c1-2-4-6(5-3-1)7-8-10-11-9-7;/h1-5H,(H,8,9,10,11);/q;+2. The van der Waals surface area contributed by atoms with Gasteiger partial charge in [-0.2, -0.15) is 5.21 Å². The third kappa shape index (κ3) is 1.77. The van der Waals surface area contributed by atoms with E-state index in [1.165, 1.54) is 0 Å². The molecule has 1 aromatic heterocycles. The van der Waals surface area contributed by atoms with Crippen LogP contribution >= 0.6 is 0 Å². The van der Waals surface area contributed by atoms with E-state index in [4.69, 9.17) is 0 Å². The Labute approximate surface area is 83.7 Å². The maximum atomic E-state index is 3.84. The summed E-state index contributed by atoms with van der Waals surface area (Å²) in [5.41, 5.74) is 0.973. The second kappa shape index (κ2) is 4.12. The zero-order valence-corrected chi connectivity index (χ0v) is 8.32. The van der Waals surface area contributed by atoms with E-state index in [1.807, 2.05) is 30.3 Å². The van der Waals surface area contributed by atoms with E-state index in [1.54, 1.807) is 0 Å². The molecular weight excluding hydrogens is 335 g/mol. The minimum atomic E-state index is 0. The van der Waals surface area contributed by atoms with Gasteiger partial charge in [-0.25, -0.2) is 0 Å². The molecule has 4 nitrogen and oxygen atoms in total. The van der Waals surface area contributed by atoms with Crippen LogP contribution in [0, 0.1) is 0 Å². The molecule has 0 unspecified atom stereocenters. The van der Waals surface area contributed by atoms with Gasteiger partial charge in [-0.15, -0.1) is 10.2 Å². The molecule has 0 spiro atoms. The number of aromatic amines is 1. The van der Waals surface area contributed by atoms with Crippen molar-refractivity contribution in [3.63, 3.8) is 0 Å². The van der Waals surface area contributed by atoms with E-state index in [0.717, 1.165) is 5.56 Å². The van der Waals surface area contributed by atoms with E-state index >= 15 is 0 Å². The van der Waals surface area contributed by atoms with Crippen LogP contribution in [0.1, 0.15) is 0 Å². The Morgan fingerprint density at radius 1 is 1.08 bits per heavy atom. The normalized spacial score (nSPS) is 9.00. The molecule has 1 aromatic carbocycles. The number of rotatable bonds is 1. The van der Waals surface area contributed by atoms with E-state index < -0.39 is 0 Å². The number of tetrazole rings is 1. The van der Waals surface area contributed by atoms with Crippen LogP contribution in [-0.4, -0.2) is 20.6 Å². The third-order valence-electron chi connectivity index (χ3n) is 1.38. The Hall–Kier alpha value is -1.02. The molecule has 2 aromatic rings. The number of benzene rings is 1. The average Bonchev–Trinajstić information content (AvgIpc) is 2.58. The van der Waals surface area contributed by atoms with E-state index in [-0.39, 0.29) is 21.1 Å². The second-order valence-electron chi connectivity index (χ2n) is 2.10. The number of aromatic nitrogens is 4. The first kappa shape index (κ1) is 9.07. The van der Waals surface area contributed by atoms with Crippen molar-refractivity contribution in [2.24, 2.45) is 0 Å². The monoisotopic (exact) mass is 341 g/mol. The Bertz CT molecular complexity index is 318. The summed E-state index contributed by atoms with van der Waals surface area (Å²) >= 11 is 0. The fourth-order valence-corrected chi connectivity index (χ4v) is 0.871. The summed E-state index contributed by atoms with van der Waals surface area (Å²) in [6.45, 7) is 0. The van der Waals surface area contributed by atoms with E-state index in [2.05, 4.69) is 20.6 Å².